The van der Waals surface area contributed by atoms with Gasteiger partial charge in [0.15, 0.2) is 0 Å². The summed E-state index contributed by atoms with van der Waals surface area (Å²) in [6, 6.07) is 0. The van der Waals surface area contributed by atoms with E-state index in [1.54, 1.807) is 11.8 Å². The van der Waals surface area contributed by atoms with Crippen LogP contribution in [0.1, 0.15) is 30.5 Å². The normalized spacial score (nSPS) is 15.8. The molecule has 0 radical (unpaired) electrons. The van der Waals surface area contributed by atoms with Gasteiger partial charge in [0.05, 0.1) is 18.4 Å². The van der Waals surface area contributed by atoms with Crippen LogP contribution in [-0.2, 0) is 34.0 Å². The van der Waals surface area contributed by atoms with Crippen LogP contribution >= 0.6 is 0 Å². The van der Waals surface area contributed by atoms with Crippen molar-refractivity contribution in [1.82, 2.24) is 9.78 Å². The number of carbonyl (C=O) groups is 1. The first kappa shape index (κ1) is 12.3. The SMILES string of the molecule is COCn1cc(CC=O)c(COC2CCC2)n1. The standard InChI is InChI=1S/C12H18N2O3/c1-16-9-14-7-10(5-6-15)12(13-14)8-17-11-3-2-4-11/h6-7,11H,2-5,8-9H2,1H3. The van der Waals surface area contributed by atoms with E-state index in [0.29, 0.717) is 25.9 Å². The minimum atomic E-state index is 0.381. The predicted molar refractivity (Wildman–Crippen MR) is 61.4 cm³/mol. The summed E-state index contributed by atoms with van der Waals surface area (Å²) < 4.78 is 12.4. The van der Waals surface area contributed by atoms with Crippen LogP contribution in [0.15, 0.2) is 6.20 Å². The van der Waals surface area contributed by atoms with Crippen LogP contribution in [0.25, 0.3) is 0 Å². The second-order valence-electron chi connectivity index (χ2n) is 4.29. The molecule has 1 aliphatic rings. The van der Waals surface area contributed by atoms with Crippen molar-refractivity contribution in [1.29, 1.82) is 0 Å². The second-order valence-corrected chi connectivity index (χ2v) is 4.29. The summed E-state index contributed by atoms with van der Waals surface area (Å²) in [5, 5.41) is 4.36. The van der Waals surface area contributed by atoms with Gasteiger partial charge in [-0.2, -0.15) is 5.10 Å². The molecule has 5 nitrogen and oxygen atoms in total. The van der Waals surface area contributed by atoms with Gasteiger partial charge in [-0.3, -0.25) is 0 Å². The monoisotopic (exact) mass is 238 g/mol. The Labute approximate surface area is 101 Å². The molecule has 0 amide bonds. The Morgan fingerprint density at radius 1 is 1.59 bits per heavy atom. The van der Waals surface area contributed by atoms with Crippen molar-refractivity contribution in [2.24, 2.45) is 0 Å². The maximum atomic E-state index is 10.6. The zero-order valence-electron chi connectivity index (χ0n) is 10.1. The van der Waals surface area contributed by atoms with Crippen molar-refractivity contribution >= 4 is 6.29 Å². The number of hydrogen-bond donors (Lipinski definition) is 0. The molecule has 0 bridgehead atoms. The minimum Gasteiger partial charge on any atom is -0.372 e. The first-order valence-corrected chi connectivity index (χ1v) is 5.93. The second kappa shape index (κ2) is 5.93. The zero-order valence-corrected chi connectivity index (χ0v) is 10.1. The molecule has 1 heterocycles. The van der Waals surface area contributed by atoms with Gasteiger partial charge in [-0.25, -0.2) is 4.68 Å². The number of ether oxygens (including phenoxy) is 2. The van der Waals surface area contributed by atoms with Crippen LogP contribution in [0.4, 0.5) is 0 Å². The van der Waals surface area contributed by atoms with Crippen molar-refractivity contribution in [3.63, 3.8) is 0 Å². The molecule has 1 saturated carbocycles. The van der Waals surface area contributed by atoms with Gasteiger partial charge in [0.25, 0.3) is 0 Å². The molecule has 1 aromatic rings. The maximum absolute atomic E-state index is 10.6. The molecule has 94 valence electrons. The topological polar surface area (TPSA) is 53.4 Å². The molecule has 5 heteroatoms. The highest BCUT2D eigenvalue weighted by atomic mass is 16.5. The van der Waals surface area contributed by atoms with E-state index < -0.39 is 0 Å². The third-order valence-electron chi connectivity index (χ3n) is 3.00. The smallest absolute Gasteiger partial charge is 0.138 e. The third-order valence-corrected chi connectivity index (χ3v) is 3.00. The first-order chi connectivity index (χ1) is 8.33. The van der Waals surface area contributed by atoms with E-state index in [2.05, 4.69) is 5.10 Å². The van der Waals surface area contributed by atoms with Crippen LogP contribution in [-0.4, -0.2) is 29.3 Å². The van der Waals surface area contributed by atoms with Crippen molar-refractivity contribution in [2.45, 2.75) is 45.1 Å². The van der Waals surface area contributed by atoms with Crippen molar-refractivity contribution in [3.8, 4) is 0 Å². The first-order valence-electron chi connectivity index (χ1n) is 5.93. The summed E-state index contributed by atoms with van der Waals surface area (Å²) in [5.74, 6) is 0. The van der Waals surface area contributed by atoms with E-state index in [0.717, 1.165) is 30.4 Å². The highest BCUT2D eigenvalue weighted by molar-refractivity contribution is 5.55. The van der Waals surface area contributed by atoms with Crippen LogP contribution < -0.4 is 0 Å². The van der Waals surface area contributed by atoms with Gasteiger partial charge in [-0.1, -0.05) is 0 Å². The summed E-state index contributed by atoms with van der Waals surface area (Å²) in [4.78, 5) is 10.6. The fraction of sp³-hybridized carbons (Fsp3) is 0.667. The van der Waals surface area contributed by atoms with Crippen molar-refractivity contribution < 1.29 is 14.3 Å². The van der Waals surface area contributed by atoms with Gasteiger partial charge in [0.1, 0.15) is 13.0 Å². The molecule has 0 aromatic carbocycles. The Morgan fingerprint density at radius 2 is 2.41 bits per heavy atom. The van der Waals surface area contributed by atoms with Gasteiger partial charge in [0.2, 0.25) is 0 Å². The number of aldehydes is 1. The number of carbonyl (C=O) groups excluding carboxylic acids is 1. The molecule has 0 N–H and O–H groups in total. The van der Waals surface area contributed by atoms with Gasteiger partial charge in [0, 0.05) is 25.3 Å². The summed E-state index contributed by atoms with van der Waals surface area (Å²) in [6.07, 6.45) is 7.03. The van der Waals surface area contributed by atoms with Crippen LogP contribution in [0.5, 0.6) is 0 Å². The summed E-state index contributed by atoms with van der Waals surface area (Å²) >= 11 is 0. The Kier molecular flexibility index (Phi) is 4.28. The minimum absolute atomic E-state index is 0.381. The highest BCUT2D eigenvalue weighted by Crippen LogP contribution is 2.23. The average Bonchev–Trinajstić information content (AvgIpc) is 2.60. The molecule has 0 atom stereocenters. The number of aromatic nitrogens is 2. The predicted octanol–water partition coefficient (Wildman–Crippen LogP) is 1.30. The highest BCUT2D eigenvalue weighted by Gasteiger charge is 2.19. The molecular formula is C12H18N2O3. The lowest BCUT2D eigenvalue weighted by atomic mass is 9.96. The molecule has 0 spiro atoms. The Hall–Kier alpha value is -1.20. The fourth-order valence-electron chi connectivity index (χ4n) is 1.82. The Balaban J connectivity index is 1.98. The number of nitrogens with zero attached hydrogens (tertiary/aromatic N) is 2. The molecule has 0 aliphatic heterocycles. The quantitative estimate of drug-likeness (QED) is 0.672. The van der Waals surface area contributed by atoms with Gasteiger partial charge < -0.3 is 14.3 Å². The average molecular weight is 238 g/mol. The molecule has 17 heavy (non-hydrogen) atoms. The lowest BCUT2D eigenvalue weighted by Crippen LogP contribution is -2.21. The summed E-state index contributed by atoms with van der Waals surface area (Å²) in [5.41, 5.74) is 1.78. The molecule has 0 unspecified atom stereocenters. The molecule has 2 rings (SSSR count). The summed E-state index contributed by atoms with van der Waals surface area (Å²) in [6.45, 7) is 0.889. The van der Waals surface area contributed by atoms with E-state index >= 15 is 0 Å². The lowest BCUT2D eigenvalue weighted by Gasteiger charge is -2.25. The van der Waals surface area contributed by atoms with E-state index in [1.165, 1.54) is 6.42 Å². The van der Waals surface area contributed by atoms with E-state index in [-0.39, 0.29) is 0 Å². The maximum Gasteiger partial charge on any atom is 0.138 e. The van der Waals surface area contributed by atoms with E-state index in [9.17, 15) is 4.79 Å². The Morgan fingerprint density at radius 3 is 3.00 bits per heavy atom. The molecule has 1 fully saturated rings. The van der Waals surface area contributed by atoms with Crippen LogP contribution in [0.3, 0.4) is 0 Å². The third kappa shape index (κ3) is 3.14. The zero-order chi connectivity index (χ0) is 12.1. The van der Waals surface area contributed by atoms with E-state index in [4.69, 9.17) is 9.47 Å². The van der Waals surface area contributed by atoms with Crippen molar-refractivity contribution in [2.75, 3.05) is 7.11 Å². The summed E-state index contributed by atoms with van der Waals surface area (Å²) in [7, 11) is 1.62. The van der Waals surface area contributed by atoms with E-state index in [1.807, 2.05) is 6.20 Å². The molecule has 1 aliphatic carbocycles. The Bertz CT molecular complexity index is 372. The van der Waals surface area contributed by atoms with Gasteiger partial charge >= 0.3 is 0 Å². The van der Waals surface area contributed by atoms with Crippen LogP contribution in [0.2, 0.25) is 0 Å². The number of hydrogen-bond acceptors (Lipinski definition) is 4. The number of rotatable bonds is 7. The largest absolute Gasteiger partial charge is 0.372 e. The van der Waals surface area contributed by atoms with Crippen molar-refractivity contribution in [3.05, 3.63) is 17.5 Å². The molecule has 0 saturated heterocycles. The lowest BCUT2D eigenvalue weighted by molar-refractivity contribution is -0.107. The van der Waals surface area contributed by atoms with Gasteiger partial charge in [-0.05, 0) is 19.3 Å². The fourth-order valence-corrected chi connectivity index (χ4v) is 1.82. The van der Waals surface area contributed by atoms with Crippen LogP contribution in [0, 0.1) is 0 Å². The molecule has 1 aromatic heterocycles. The molecular weight excluding hydrogens is 220 g/mol. The number of methoxy groups -OCH3 is 1. The van der Waals surface area contributed by atoms with Gasteiger partial charge in [-0.15, -0.1) is 0 Å².